The summed E-state index contributed by atoms with van der Waals surface area (Å²) >= 11 is 3.77. The van der Waals surface area contributed by atoms with Crippen LogP contribution in [-0.4, -0.2) is 34.7 Å². The van der Waals surface area contributed by atoms with Crippen LogP contribution in [0.5, 0.6) is 0 Å². The summed E-state index contributed by atoms with van der Waals surface area (Å²) in [6.45, 7) is 3.12. The van der Waals surface area contributed by atoms with E-state index in [0.29, 0.717) is 12.1 Å². The zero-order valence-electron chi connectivity index (χ0n) is 10.7. The van der Waals surface area contributed by atoms with Crippen LogP contribution < -0.4 is 5.32 Å². The minimum absolute atomic E-state index is 0.170. The summed E-state index contributed by atoms with van der Waals surface area (Å²) in [6.07, 6.45) is 5.40. The highest BCUT2D eigenvalue weighted by Gasteiger charge is 2.40. The summed E-state index contributed by atoms with van der Waals surface area (Å²) in [4.78, 5) is 4.39. The van der Waals surface area contributed by atoms with Crippen LogP contribution in [0.1, 0.15) is 37.2 Å². The van der Waals surface area contributed by atoms with Crippen molar-refractivity contribution in [3.8, 4) is 0 Å². The molecule has 0 radical (unpaired) electrons. The Morgan fingerprint density at radius 2 is 2.56 bits per heavy atom. The molecular weight excluding hydrogens is 264 g/mol. The van der Waals surface area contributed by atoms with Crippen LogP contribution in [0.3, 0.4) is 0 Å². The second-order valence-electron chi connectivity index (χ2n) is 5.28. The molecule has 5 heteroatoms. The summed E-state index contributed by atoms with van der Waals surface area (Å²) in [5.41, 5.74) is 0.170. The molecule has 18 heavy (non-hydrogen) atoms. The topological polar surface area (TPSA) is 34.1 Å². The quantitative estimate of drug-likeness (QED) is 0.925. The van der Waals surface area contributed by atoms with Crippen LogP contribution in [0, 0.1) is 0 Å². The first-order valence-corrected chi connectivity index (χ1v) is 8.68. The molecule has 2 saturated heterocycles. The highest BCUT2D eigenvalue weighted by Crippen LogP contribution is 2.38. The van der Waals surface area contributed by atoms with E-state index in [2.05, 4.69) is 17.2 Å². The number of nitrogens with zero attached hydrogens (tertiary/aromatic N) is 1. The third kappa shape index (κ3) is 2.74. The number of thiazole rings is 1. The average Bonchev–Trinajstić information content (AvgIpc) is 3.01. The standard InChI is InChI=1S/C13H20N2OS2/c1-10(12-14-4-7-18-12)15-11-2-5-16-13(8-11)3-6-17-9-13/h4,7,10-11,15H,2-3,5-6,8-9H2,1H3. The summed E-state index contributed by atoms with van der Waals surface area (Å²) in [5.74, 6) is 2.44. The lowest BCUT2D eigenvalue weighted by Gasteiger charge is -2.39. The van der Waals surface area contributed by atoms with Crippen LogP contribution in [0.4, 0.5) is 0 Å². The van der Waals surface area contributed by atoms with Gasteiger partial charge in [-0.05, 0) is 31.9 Å². The summed E-state index contributed by atoms with van der Waals surface area (Å²) in [7, 11) is 0. The smallest absolute Gasteiger partial charge is 0.109 e. The Labute approximate surface area is 117 Å². The van der Waals surface area contributed by atoms with Gasteiger partial charge in [-0.25, -0.2) is 4.98 Å². The zero-order valence-corrected chi connectivity index (χ0v) is 12.4. The molecule has 3 unspecified atom stereocenters. The van der Waals surface area contributed by atoms with Crippen molar-refractivity contribution in [2.75, 3.05) is 18.1 Å². The van der Waals surface area contributed by atoms with Crippen molar-refractivity contribution in [1.82, 2.24) is 10.3 Å². The van der Waals surface area contributed by atoms with Crippen molar-refractivity contribution in [1.29, 1.82) is 0 Å². The molecule has 1 spiro atoms. The second kappa shape index (κ2) is 5.49. The van der Waals surface area contributed by atoms with E-state index >= 15 is 0 Å². The monoisotopic (exact) mass is 284 g/mol. The minimum Gasteiger partial charge on any atom is -0.374 e. The first-order chi connectivity index (χ1) is 8.77. The SMILES string of the molecule is CC(NC1CCOC2(CCSC2)C1)c1nccs1. The van der Waals surface area contributed by atoms with Gasteiger partial charge in [0.25, 0.3) is 0 Å². The highest BCUT2D eigenvalue weighted by molar-refractivity contribution is 7.99. The molecule has 3 rings (SSSR count). The Bertz CT molecular complexity index is 376. The van der Waals surface area contributed by atoms with Crippen LogP contribution in [0.2, 0.25) is 0 Å². The van der Waals surface area contributed by atoms with Crippen molar-refractivity contribution in [2.45, 2.75) is 43.9 Å². The van der Waals surface area contributed by atoms with Crippen molar-refractivity contribution in [3.05, 3.63) is 16.6 Å². The lowest BCUT2D eigenvalue weighted by molar-refractivity contribution is -0.0711. The van der Waals surface area contributed by atoms with Gasteiger partial charge in [-0.2, -0.15) is 11.8 Å². The van der Waals surface area contributed by atoms with Gasteiger partial charge in [0.05, 0.1) is 11.6 Å². The van der Waals surface area contributed by atoms with Gasteiger partial charge in [0, 0.05) is 30.0 Å². The Morgan fingerprint density at radius 3 is 3.28 bits per heavy atom. The van der Waals surface area contributed by atoms with Crippen molar-refractivity contribution in [2.24, 2.45) is 0 Å². The minimum atomic E-state index is 0.170. The zero-order chi connectivity index (χ0) is 12.4. The van der Waals surface area contributed by atoms with E-state index in [9.17, 15) is 0 Å². The Balaban J connectivity index is 1.59. The van der Waals surface area contributed by atoms with Gasteiger partial charge in [-0.15, -0.1) is 11.3 Å². The maximum absolute atomic E-state index is 6.06. The number of nitrogens with one attached hydrogen (secondary N) is 1. The molecule has 2 aliphatic rings. The predicted molar refractivity (Wildman–Crippen MR) is 77.3 cm³/mol. The molecule has 2 aliphatic heterocycles. The first kappa shape index (κ1) is 12.9. The molecule has 0 bridgehead atoms. The maximum atomic E-state index is 6.06. The number of ether oxygens (including phenoxy) is 1. The number of aromatic nitrogens is 1. The number of rotatable bonds is 3. The molecule has 3 heterocycles. The van der Waals surface area contributed by atoms with E-state index in [1.54, 1.807) is 11.3 Å². The molecule has 2 fully saturated rings. The van der Waals surface area contributed by atoms with E-state index < -0.39 is 0 Å². The van der Waals surface area contributed by atoms with Gasteiger partial charge in [0.1, 0.15) is 5.01 Å². The summed E-state index contributed by atoms with van der Waals surface area (Å²) in [5, 5.41) is 6.97. The third-order valence-electron chi connectivity index (χ3n) is 3.87. The average molecular weight is 284 g/mol. The molecule has 1 N–H and O–H groups in total. The number of thioether (sulfide) groups is 1. The van der Waals surface area contributed by atoms with Gasteiger partial charge < -0.3 is 10.1 Å². The summed E-state index contributed by atoms with van der Waals surface area (Å²) in [6, 6.07) is 0.940. The number of hydrogen-bond donors (Lipinski definition) is 1. The van der Waals surface area contributed by atoms with Gasteiger partial charge >= 0.3 is 0 Å². The number of hydrogen-bond acceptors (Lipinski definition) is 5. The van der Waals surface area contributed by atoms with Crippen LogP contribution >= 0.6 is 23.1 Å². The van der Waals surface area contributed by atoms with E-state index in [1.165, 1.54) is 22.9 Å². The van der Waals surface area contributed by atoms with E-state index in [0.717, 1.165) is 19.4 Å². The Kier molecular flexibility index (Phi) is 3.94. The fraction of sp³-hybridized carbons (Fsp3) is 0.769. The van der Waals surface area contributed by atoms with Crippen molar-refractivity contribution < 1.29 is 4.74 Å². The van der Waals surface area contributed by atoms with Crippen molar-refractivity contribution in [3.63, 3.8) is 0 Å². The molecule has 0 amide bonds. The Morgan fingerprint density at radius 1 is 1.61 bits per heavy atom. The maximum Gasteiger partial charge on any atom is 0.109 e. The molecule has 100 valence electrons. The van der Waals surface area contributed by atoms with Crippen LogP contribution in [0.15, 0.2) is 11.6 Å². The molecule has 0 aliphatic carbocycles. The molecule has 1 aromatic heterocycles. The van der Waals surface area contributed by atoms with Gasteiger partial charge in [-0.3, -0.25) is 0 Å². The molecule has 3 nitrogen and oxygen atoms in total. The van der Waals surface area contributed by atoms with E-state index in [-0.39, 0.29) is 5.60 Å². The second-order valence-corrected chi connectivity index (χ2v) is 7.31. The largest absolute Gasteiger partial charge is 0.374 e. The first-order valence-electron chi connectivity index (χ1n) is 6.65. The van der Waals surface area contributed by atoms with Crippen LogP contribution in [0.25, 0.3) is 0 Å². The van der Waals surface area contributed by atoms with Crippen LogP contribution in [-0.2, 0) is 4.74 Å². The molecule has 3 atom stereocenters. The van der Waals surface area contributed by atoms with E-state index in [1.807, 2.05) is 23.3 Å². The molecule has 1 aromatic rings. The molecule has 0 aromatic carbocycles. The molecular formula is C13H20N2OS2. The van der Waals surface area contributed by atoms with Gasteiger partial charge in [-0.1, -0.05) is 0 Å². The fourth-order valence-corrected chi connectivity index (χ4v) is 4.94. The fourth-order valence-electron chi connectivity index (χ4n) is 2.91. The predicted octanol–water partition coefficient (Wildman–Crippen LogP) is 2.85. The molecule has 0 saturated carbocycles. The normalized spacial score (nSPS) is 33.9. The van der Waals surface area contributed by atoms with E-state index in [4.69, 9.17) is 4.74 Å². The lowest BCUT2D eigenvalue weighted by atomic mass is 9.89. The summed E-state index contributed by atoms with van der Waals surface area (Å²) < 4.78 is 6.06. The third-order valence-corrected chi connectivity index (χ3v) is 6.05. The Hall–Kier alpha value is -0.100. The van der Waals surface area contributed by atoms with Gasteiger partial charge in [0.2, 0.25) is 0 Å². The lowest BCUT2D eigenvalue weighted by Crippen LogP contribution is -2.47. The van der Waals surface area contributed by atoms with Gasteiger partial charge in [0.15, 0.2) is 0 Å². The van der Waals surface area contributed by atoms with Crippen molar-refractivity contribution >= 4 is 23.1 Å². The highest BCUT2D eigenvalue weighted by atomic mass is 32.2.